The van der Waals surface area contributed by atoms with Crippen LogP contribution in [0.5, 0.6) is 5.88 Å². The number of nitrogens with zero attached hydrogens (tertiary/aromatic N) is 5. The molecule has 2 N–H and O–H groups in total. The molecule has 0 bridgehead atoms. The highest BCUT2D eigenvalue weighted by Crippen LogP contribution is 2.31. The van der Waals surface area contributed by atoms with Crippen molar-refractivity contribution in [1.29, 1.82) is 0 Å². The summed E-state index contributed by atoms with van der Waals surface area (Å²) in [4.78, 5) is 40.9. The molecule has 1 aliphatic heterocycles. The standard InChI is InChI=1S/C32H43F2N7O5S/c1-3-4-16-45-32(43)37-24(13-19-47-2)30(42)35-21-9-11-22(12-10-21)46-27-20-26(38-31(39-27)40-14-17-44-18-15-40)41-25-8-6-5-7-23(25)36-29(41)28(33)34/h5-8,20-22,24,28H,3-4,9-19H2,1-2H3,(H,35,42)(H,37,43)/t21-,22-,24-/m1/s1. The summed E-state index contributed by atoms with van der Waals surface area (Å²) in [6.07, 6.45) is 3.16. The average Bonchev–Trinajstić information content (AvgIpc) is 3.48. The summed E-state index contributed by atoms with van der Waals surface area (Å²) in [5, 5.41) is 5.82. The van der Waals surface area contributed by atoms with Crippen LogP contribution in [-0.2, 0) is 14.3 Å². The Kier molecular flexibility index (Phi) is 12.4. The number of imidazole rings is 1. The lowest BCUT2D eigenvalue weighted by atomic mass is 9.92. The molecular formula is C32H43F2N7O5S. The lowest BCUT2D eigenvalue weighted by molar-refractivity contribution is -0.124. The highest BCUT2D eigenvalue weighted by Gasteiger charge is 2.29. The number of ether oxygens (including phenoxy) is 3. The highest BCUT2D eigenvalue weighted by atomic mass is 32.2. The molecule has 0 unspecified atom stereocenters. The number of anilines is 1. The molecule has 15 heteroatoms. The number of morpholine rings is 1. The molecule has 0 radical (unpaired) electrons. The number of unbranched alkanes of at least 4 members (excludes halogenated alkanes) is 1. The minimum Gasteiger partial charge on any atom is -0.474 e. The van der Waals surface area contributed by atoms with Crippen LogP contribution in [0.2, 0.25) is 0 Å². The van der Waals surface area contributed by atoms with E-state index in [4.69, 9.17) is 19.2 Å². The zero-order valence-electron chi connectivity index (χ0n) is 26.8. The summed E-state index contributed by atoms with van der Waals surface area (Å²) in [5.74, 6) is 0.989. The number of carbonyl (C=O) groups excluding carboxylic acids is 2. The van der Waals surface area contributed by atoms with Gasteiger partial charge in [-0.3, -0.25) is 9.36 Å². The van der Waals surface area contributed by atoms with Gasteiger partial charge in [0, 0.05) is 25.2 Å². The topological polar surface area (TPSA) is 133 Å². The van der Waals surface area contributed by atoms with Gasteiger partial charge in [0.15, 0.2) is 5.82 Å². The number of nitrogens with one attached hydrogen (secondary N) is 2. The molecule has 47 heavy (non-hydrogen) atoms. The van der Waals surface area contributed by atoms with Gasteiger partial charge in [0.1, 0.15) is 18.0 Å². The van der Waals surface area contributed by atoms with Crippen molar-refractivity contribution in [2.45, 2.75) is 76.5 Å². The fourth-order valence-corrected chi connectivity index (χ4v) is 6.18. The smallest absolute Gasteiger partial charge is 0.407 e. The molecule has 2 aliphatic rings. The second-order valence-corrected chi connectivity index (χ2v) is 12.6. The number of hydrogen-bond acceptors (Lipinski definition) is 10. The summed E-state index contributed by atoms with van der Waals surface area (Å²) in [6.45, 7) is 4.45. The number of amides is 2. The molecule has 5 rings (SSSR count). The molecule has 1 aromatic carbocycles. The largest absolute Gasteiger partial charge is 0.474 e. The number of para-hydroxylation sites is 2. The summed E-state index contributed by atoms with van der Waals surface area (Å²) in [7, 11) is 0. The van der Waals surface area contributed by atoms with Crippen molar-refractivity contribution >= 4 is 40.7 Å². The van der Waals surface area contributed by atoms with Gasteiger partial charge in [0.25, 0.3) is 6.43 Å². The minimum atomic E-state index is -2.82. The van der Waals surface area contributed by atoms with Crippen LogP contribution in [-0.4, -0.2) is 94.6 Å². The van der Waals surface area contributed by atoms with Gasteiger partial charge in [0.2, 0.25) is 17.7 Å². The van der Waals surface area contributed by atoms with Crippen LogP contribution in [0.1, 0.15) is 64.1 Å². The number of halogens is 2. The third-order valence-electron chi connectivity index (χ3n) is 8.24. The number of benzene rings is 1. The van der Waals surface area contributed by atoms with Gasteiger partial charge in [-0.1, -0.05) is 25.5 Å². The van der Waals surface area contributed by atoms with Crippen molar-refractivity contribution in [1.82, 2.24) is 30.2 Å². The molecule has 12 nitrogen and oxygen atoms in total. The first-order valence-electron chi connectivity index (χ1n) is 16.2. The van der Waals surface area contributed by atoms with Crippen molar-refractivity contribution in [2.75, 3.05) is 49.8 Å². The van der Waals surface area contributed by atoms with E-state index in [2.05, 4.69) is 20.6 Å². The maximum atomic E-state index is 14.2. The number of rotatable bonds is 14. The second kappa shape index (κ2) is 16.9. The first-order chi connectivity index (χ1) is 22.9. The molecule has 0 spiro atoms. The van der Waals surface area contributed by atoms with Crippen molar-refractivity contribution in [2.24, 2.45) is 0 Å². The number of alkyl carbamates (subject to hydrolysis) is 1. The molecule has 1 saturated heterocycles. The molecular weight excluding hydrogens is 632 g/mol. The van der Waals surface area contributed by atoms with Crippen LogP contribution in [0.15, 0.2) is 30.3 Å². The third kappa shape index (κ3) is 9.21. The predicted octanol–water partition coefficient (Wildman–Crippen LogP) is 5.04. The van der Waals surface area contributed by atoms with Crippen LogP contribution in [0.4, 0.5) is 19.5 Å². The third-order valence-corrected chi connectivity index (χ3v) is 8.88. The Morgan fingerprint density at radius 1 is 1.11 bits per heavy atom. The highest BCUT2D eigenvalue weighted by molar-refractivity contribution is 7.98. The van der Waals surface area contributed by atoms with E-state index in [1.807, 2.05) is 18.1 Å². The number of alkyl halides is 2. The Bertz CT molecular complexity index is 1480. The van der Waals surface area contributed by atoms with Crippen molar-refractivity contribution in [3.8, 4) is 11.7 Å². The van der Waals surface area contributed by atoms with E-state index in [1.54, 1.807) is 42.1 Å². The van der Waals surface area contributed by atoms with Gasteiger partial charge >= 0.3 is 6.09 Å². The Labute approximate surface area is 277 Å². The van der Waals surface area contributed by atoms with Gasteiger partial charge in [-0.25, -0.2) is 18.6 Å². The van der Waals surface area contributed by atoms with Gasteiger partial charge in [0.05, 0.1) is 30.9 Å². The number of thioether (sulfide) groups is 1. The quantitative estimate of drug-likeness (QED) is 0.224. The monoisotopic (exact) mass is 675 g/mol. The van der Waals surface area contributed by atoms with E-state index < -0.39 is 24.4 Å². The van der Waals surface area contributed by atoms with E-state index >= 15 is 0 Å². The van der Waals surface area contributed by atoms with Gasteiger partial charge in [-0.2, -0.15) is 21.7 Å². The Morgan fingerprint density at radius 3 is 2.60 bits per heavy atom. The average molecular weight is 676 g/mol. The Morgan fingerprint density at radius 2 is 1.87 bits per heavy atom. The molecule has 2 amide bonds. The van der Waals surface area contributed by atoms with Gasteiger partial charge < -0.3 is 29.7 Å². The Balaban J connectivity index is 1.27. The zero-order valence-corrected chi connectivity index (χ0v) is 27.6. The van der Waals surface area contributed by atoms with Crippen molar-refractivity contribution < 1.29 is 32.6 Å². The van der Waals surface area contributed by atoms with E-state index in [0.717, 1.165) is 18.6 Å². The van der Waals surface area contributed by atoms with Gasteiger partial charge in [-0.05, 0) is 62.7 Å². The van der Waals surface area contributed by atoms with Crippen molar-refractivity contribution in [3.63, 3.8) is 0 Å². The summed E-state index contributed by atoms with van der Waals surface area (Å²) in [6, 6.07) is 7.78. The zero-order chi connectivity index (χ0) is 33.2. The molecule has 2 aromatic heterocycles. The van der Waals surface area contributed by atoms with Crippen LogP contribution in [0.3, 0.4) is 0 Å². The number of aromatic nitrogens is 4. The van der Waals surface area contributed by atoms with E-state index in [0.29, 0.717) is 82.0 Å². The molecule has 1 aliphatic carbocycles. The van der Waals surface area contributed by atoms with Crippen LogP contribution in [0, 0.1) is 0 Å². The van der Waals surface area contributed by atoms with E-state index in [-0.39, 0.29) is 29.8 Å². The minimum absolute atomic E-state index is 0.0761. The fourth-order valence-electron chi connectivity index (χ4n) is 5.71. The maximum Gasteiger partial charge on any atom is 0.407 e. The van der Waals surface area contributed by atoms with Crippen molar-refractivity contribution in [3.05, 3.63) is 36.2 Å². The predicted molar refractivity (Wildman–Crippen MR) is 176 cm³/mol. The molecule has 1 saturated carbocycles. The molecule has 3 aromatic rings. The Hall–Kier alpha value is -3.72. The van der Waals surface area contributed by atoms with E-state index in [1.165, 1.54) is 4.57 Å². The molecule has 3 heterocycles. The molecule has 2 fully saturated rings. The maximum absolute atomic E-state index is 14.2. The molecule has 1 atom stereocenters. The number of carbonyl (C=O) groups is 2. The molecule has 256 valence electrons. The lowest BCUT2D eigenvalue weighted by Crippen LogP contribution is -2.51. The van der Waals surface area contributed by atoms with E-state index in [9.17, 15) is 18.4 Å². The first-order valence-corrected chi connectivity index (χ1v) is 17.6. The number of hydrogen-bond donors (Lipinski definition) is 2. The van der Waals surface area contributed by atoms with Gasteiger partial charge in [-0.15, -0.1) is 0 Å². The summed E-state index contributed by atoms with van der Waals surface area (Å²) >= 11 is 1.61. The lowest BCUT2D eigenvalue weighted by Gasteiger charge is -2.31. The van der Waals surface area contributed by atoms with Crippen LogP contribution in [0.25, 0.3) is 16.9 Å². The normalized spacial score (nSPS) is 19.0. The number of fused-ring (bicyclic) bond motifs is 1. The second-order valence-electron chi connectivity index (χ2n) is 11.6. The van der Waals surface area contributed by atoms with Crippen LogP contribution >= 0.6 is 11.8 Å². The summed E-state index contributed by atoms with van der Waals surface area (Å²) in [5.41, 5.74) is 0.951. The SMILES string of the molecule is CCCCOC(=O)N[C@H](CCSC)C(=O)N[C@H]1CC[C@H](Oc2cc(-n3c(C(F)F)nc4ccccc43)nc(N3CCOCC3)n2)CC1. The van der Waals surface area contributed by atoms with Crippen LogP contribution < -0.4 is 20.3 Å². The fraction of sp³-hybridized carbons (Fsp3) is 0.594. The summed E-state index contributed by atoms with van der Waals surface area (Å²) < 4.78 is 46.8. The first kappa shape index (κ1) is 34.6.